The monoisotopic (exact) mass is 272 g/mol. The van der Waals surface area contributed by atoms with Gasteiger partial charge in [-0.05, 0) is 41.1 Å². The first-order valence-corrected chi connectivity index (χ1v) is 4.85. The Kier molecular flexibility index (Phi) is 1.83. The maximum Gasteiger partial charge on any atom is 0.172 e. The number of benzene rings is 1. The molecule has 0 aliphatic rings. The molecule has 0 N–H and O–H groups in total. The van der Waals surface area contributed by atoms with Crippen molar-refractivity contribution in [1.82, 2.24) is 9.55 Å². The fourth-order valence-corrected chi connectivity index (χ4v) is 1.94. The Balaban J connectivity index is 2.97. The predicted octanol–water partition coefficient (Wildman–Crippen LogP) is 2.49. The van der Waals surface area contributed by atoms with Crippen molar-refractivity contribution in [2.45, 2.75) is 6.92 Å². The molecule has 0 aliphatic heterocycles. The summed E-state index contributed by atoms with van der Waals surface area (Å²) in [5.74, 6) is 0. The smallest absolute Gasteiger partial charge is 0.172 e. The summed E-state index contributed by atoms with van der Waals surface area (Å²) in [4.78, 5) is 4.42. The van der Waals surface area contributed by atoms with Gasteiger partial charge in [-0.2, -0.15) is 0 Å². The standard InChI is InChI=1S/C9H9IN2/c1-6-4-3-5-7-8(6)12(2)9(10)11-7/h3-5H,1-2H3. The maximum absolute atomic E-state index is 4.42. The third-order valence-corrected chi connectivity index (χ3v) is 3.01. The van der Waals surface area contributed by atoms with Crippen molar-refractivity contribution in [1.29, 1.82) is 0 Å². The minimum Gasteiger partial charge on any atom is -0.322 e. The molecule has 2 aromatic rings. The van der Waals surface area contributed by atoms with Crippen LogP contribution in [0.15, 0.2) is 18.2 Å². The Bertz CT molecular complexity index is 431. The highest BCUT2D eigenvalue weighted by Gasteiger charge is 2.05. The minimum atomic E-state index is 1.04. The third-order valence-electron chi connectivity index (χ3n) is 2.04. The summed E-state index contributed by atoms with van der Waals surface area (Å²) in [5, 5.41) is 0. The van der Waals surface area contributed by atoms with Crippen LogP contribution in [-0.4, -0.2) is 9.55 Å². The van der Waals surface area contributed by atoms with Crippen molar-refractivity contribution in [2.24, 2.45) is 7.05 Å². The van der Waals surface area contributed by atoms with Gasteiger partial charge in [-0.1, -0.05) is 12.1 Å². The number of aryl methyl sites for hydroxylation is 2. The van der Waals surface area contributed by atoms with Crippen LogP contribution in [0, 0.1) is 10.8 Å². The molecule has 0 fully saturated rings. The van der Waals surface area contributed by atoms with Crippen molar-refractivity contribution in [3.8, 4) is 0 Å². The fourth-order valence-electron chi connectivity index (χ4n) is 1.44. The number of aromatic nitrogens is 2. The summed E-state index contributed by atoms with van der Waals surface area (Å²) in [6, 6.07) is 6.20. The molecule has 1 heterocycles. The summed E-state index contributed by atoms with van der Waals surface area (Å²) in [6.45, 7) is 2.11. The summed E-state index contributed by atoms with van der Waals surface area (Å²) in [7, 11) is 2.05. The topological polar surface area (TPSA) is 17.8 Å². The molecule has 3 heteroatoms. The second kappa shape index (κ2) is 2.73. The molecular weight excluding hydrogens is 263 g/mol. The Morgan fingerprint density at radius 2 is 2.17 bits per heavy atom. The largest absolute Gasteiger partial charge is 0.322 e. The zero-order valence-electron chi connectivity index (χ0n) is 7.00. The normalized spacial score (nSPS) is 10.9. The van der Waals surface area contributed by atoms with Gasteiger partial charge in [-0.15, -0.1) is 0 Å². The lowest BCUT2D eigenvalue weighted by atomic mass is 10.2. The Morgan fingerprint density at radius 1 is 1.42 bits per heavy atom. The Hall–Kier alpha value is -0.580. The van der Waals surface area contributed by atoms with Crippen LogP contribution in [0.3, 0.4) is 0 Å². The molecular formula is C9H9IN2. The molecule has 0 saturated heterocycles. The molecule has 2 rings (SSSR count). The van der Waals surface area contributed by atoms with E-state index in [1.807, 2.05) is 19.2 Å². The van der Waals surface area contributed by atoms with E-state index in [1.54, 1.807) is 0 Å². The number of nitrogens with zero attached hydrogens (tertiary/aromatic N) is 2. The minimum absolute atomic E-state index is 1.04. The summed E-state index contributed by atoms with van der Waals surface area (Å²) in [6.07, 6.45) is 0. The average Bonchev–Trinajstić information content (AvgIpc) is 2.29. The number of imidazole rings is 1. The predicted molar refractivity (Wildman–Crippen MR) is 58.2 cm³/mol. The second-order valence-corrected chi connectivity index (χ2v) is 3.85. The van der Waals surface area contributed by atoms with Crippen molar-refractivity contribution >= 4 is 33.6 Å². The molecule has 0 atom stereocenters. The third kappa shape index (κ3) is 1.03. The maximum atomic E-state index is 4.42. The lowest BCUT2D eigenvalue weighted by Crippen LogP contribution is -1.91. The van der Waals surface area contributed by atoms with E-state index < -0.39 is 0 Å². The van der Waals surface area contributed by atoms with Crippen LogP contribution in [0.5, 0.6) is 0 Å². The van der Waals surface area contributed by atoms with Crippen LogP contribution in [0.4, 0.5) is 0 Å². The van der Waals surface area contributed by atoms with E-state index >= 15 is 0 Å². The van der Waals surface area contributed by atoms with Gasteiger partial charge in [0.2, 0.25) is 0 Å². The van der Waals surface area contributed by atoms with Crippen LogP contribution >= 0.6 is 22.6 Å². The van der Waals surface area contributed by atoms with Gasteiger partial charge in [0, 0.05) is 7.05 Å². The number of hydrogen-bond acceptors (Lipinski definition) is 1. The zero-order chi connectivity index (χ0) is 8.72. The molecule has 1 aromatic heterocycles. The first-order valence-electron chi connectivity index (χ1n) is 3.77. The molecule has 0 amide bonds. The number of rotatable bonds is 0. The van der Waals surface area contributed by atoms with E-state index in [9.17, 15) is 0 Å². The highest BCUT2D eigenvalue weighted by atomic mass is 127. The molecule has 0 unspecified atom stereocenters. The van der Waals surface area contributed by atoms with Gasteiger partial charge in [-0.25, -0.2) is 4.98 Å². The van der Waals surface area contributed by atoms with E-state index in [0.717, 1.165) is 9.35 Å². The van der Waals surface area contributed by atoms with Crippen molar-refractivity contribution in [3.63, 3.8) is 0 Å². The van der Waals surface area contributed by atoms with Crippen molar-refractivity contribution in [3.05, 3.63) is 27.6 Å². The second-order valence-electron chi connectivity index (χ2n) is 2.88. The number of halogens is 1. The van der Waals surface area contributed by atoms with Crippen LogP contribution < -0.4 is 0 Å². The van der Waals surface area contributed by atoms with E-state index in [1.165, 1.54) is 11.1 Å². The number of fused-ring (bicyclic) bond motifs is 1. The molecule has 0 spiro atoms. The highest BCUT2D eigenvalue weighted by Crippen LogP contribution is 2.19. The summed E-state index contributed by atoms with van der Waals surface area (Å²) in [5.41, 5.74) is 3.61. The molecule has 12 heavy (non-hydrogen) atoms. The van der Waals surface area contributed by atoms with Gasteiger partial charge in [0.05, 0.1) is 11.0 Å². The first kappa shape index (κ1) is 8.04. The van der Waals surface area contributed by atoms with Crippen LogP contribution in [0.25, 0.3) is 11.0 Å². The Morgan fingerprint density at radius 3 is 2.83 bits per heavy atom. The summed E-state index contributed by atoms with van der Waals surface area (Å²) < 4.78 is 3.16. The SMILES string of the molecule is Cc1cccc2nc(I)n(C)c12. The van der Waals surface area contributed by atoms with E-state index in [-0.39, 0.29) is 0 Å². The van der Waals surface area contributed by atoms with Crippen LogP contribution in [0.1, 0.15) is 5.56 Å². The van der Waals surface area contributed by atoms with E-state index in [4.69, 9.17) is 0 Å². The fraction of sp³-hybridized carbons (Fsp3) is 0.222. The van der Waals surface area contributed by atoms with E-state index in [0.29, 0.717) is 0 Å². The quantitative estimate of drug-likeness (QED) is 0.674. The van der Waals surface area contributed by atoms with Gasteiger partial charge in [-0.3, -0.25) is 0 Å². The van der Waals surface area contributed by atoms with Gasteiger partial charge in [0.1, 0.15) is 0 Å². The number of hydrogen-bond donors (Lipinski definition) is 0. The molecule has 62 valence electrons. The van der Waals surface area contributed by atoms with Gasteiger partial charge >= 0.3 is 0 Å². The van der Waals surface area contributed by atoms with Crippen LogP contribution in [0.2, 0.25) is 0 Å². The highest BCUT2D eigenvalue weighted by molar-refractivity contribution is 14.1. The number of para-hydroxylation sites is 1. The molecule has 0 aliphatic carbocycles. The first-order chi connectivity index (χ1) is 5.70. The average molecular weight is 272 g/mol. The lowest BCUT2D eigenvalue weighted by Gasteiger charge is -1.98. The van der Waals surface area contributed by atoms with Gasteiger partial charge in [0.25, 0.3) is 0 Å². The molecule has 1 aromatic carbocycles. The molecule has 0 saturated carbocycles. The lowest BCUT2D eigenvalue weighted by molar-refractivity contribution is 0.905. The zero-order valence-corrected chi connectivity index (χ0v) is 9.16. The summed E-state index contributed by atoms with van der Waals surface area (Å²) >= 11 is 2.25. The molecule has 0 bridgehead atoms. The van der Waals surface area contributed by atoms with Gasteiger partial charge < -0.3 is 4.57 Å². The van der Waals surface area contributed by atoms with Crippen molar-refractivity contribution in [2.75, 3.05) is 0 Å². The molecule has 0 radical (unpaired) electrons. The van der Waals surface area contributed by atoms with E-state index in [2.05, 4.69) is 45.1 Å². The van der Waals surface area contributed by atoms with Crippen LogP contribution in [-0.2, 0) is 7.05 Å². The Labute approximate surface area is 84.7 Å². The molecule has 2 nitrogen and oxygen atoms in total. The van der Waals surface area contributed by atoms with Gasteiger partial charge in [0.15, 0.2) is 3.83 Å². The van der Waals surface area contributed by atoms with Crippen molar-refractivity contribution < 1.29 is 0 Å².